The van der Waals surface area contributed by atoms with E-state index in [9.17, 15) is 14.7 Å². The van der Waals surface area contributed by atoms with Gasteiger partial charge in [0.05, 0.1) is 23.7 Å². The van der Waals surface area contributed by atoms with Gasteiger partial charge in [-0.15, -0.1) is 0 Å². The molecule has 0 saturated heterocycles. The van der Waals surface area contributed by atoms with Crippen LogP contribution in [0.15, 0.2) is 53.8 Å². The predicted molar refractivity (Wildman–Crippen MR) is 114 cm³/mol. The molecule has 0 bridgehead atoms. The van der Waals surface area contributed by atoms with E-state index >= 15 is 0 Å². The first-order valence-corrected chi connectivity index (χ1v) is 9.66. The Hall–Kier alpha value is -2.79. The summed E-state index contributed by atoms with van der Waals surface area (Å²) in [6.07, 6.45) is 0. The Labute approximate surface area is 175 Å². The Kier molecular flexibility index (Phi) is 5.46. The number of hydrogen-bond donors (Lipinski definition) is 1. The van der Waals surface area contributed by atoms with E-state index in [1.165, 1.54) is 12.0 Å². The SMILES string of the molecule is COc1ccc(N2C(=O)C(O)=C(C(=O)C(C)(C)C)C2c2ccccc2C)cc1Cl. The maximum atomic E-state index is 13.2. The number of aliphatic hydroxyl groups is 1. The van der Waals surface area contributed by atoms with Gasteiger partial charge < -0.3 is 9.84 Å². The molecule has 29 heavy (non-hydrogen) atoms. The van der Waals surface area contributed by atoms with Crippen molar-refractivity contribution in [3.63, 3.8) is 0 Å². The number of methoxy groups -OCH3 is 1. The first-order valence-electron chi connectivity index (χ1n) is 9.28. The Morgan fingerprint density at radius 3 is 2.38 bits per heavy atom. The minimum Gasteiger partial charge on any atom is -0.503 e. The van der Waals surface area contributed by atoms with E-state index in [0.29, 0.717) is 16.5 Å². The van der Waals surface area contributed by atoms with Gasteiger partial charge in [-0.05, 0) is 36.2 Å². The summed E-state index contributed by atoms with van der Waals surface area (Å²) >= 11 is 6.28. The van der Waals surface area contributed by atoms with Gasteiger partial charge in [-0.25, -0.2) is 0 Å². The van der Waals surface area contributed by atoms with Gasteiger partial charge in [0.15, 0.2) is 11.5 Å². The number of aliphatic hydroxyl groups excluding tert-OH is 1. The fourth-order valence-electron chi connectivity index (χ4n) is 3.50. The molecule has 1 aliphatic rings. The first-order chi connectivity index (χ1) is 13.6. The molecule has 1 amide bonds. The van der Waals surface area contributed by atoms with Crippen molar-refractivity contribution in [3.8, 4) is 5.75 Å². The fraction of sp³-hybridized carbons (Fsp3) is 0.304. The number of halogens is 1. The van der Waals surface area contributed by atoms with Crippen molar-refractivity contribution < 1.29 is 19.4 Å². The molecule has 0 aromatic heterocycles. The zero-order valence-electron chi connectivity index (χ0n) is 17.1. The van der Waals surface area contributed by atoms with E-state index in [0.717, 1.165) is 11.1 Å². The molecule has 1 atom stereocenters. The molecule has 0 spiro atoms. The number of hydrogen-bond acceptors (Lipinski definition) is 4. The second kappa shape index (κ2) is 7.56. The van der Waals surface area contributed by atoms with Crippen LogP contribution in [0, 0.1) is 12.3 Å². The van der Waals surface area contributed by atoms with Crippen molar-refractivity contribution in [1.29, 1.82) is 0 Å². The summed E-state index contributed by atoms with van der Waals surface area (Å²) in [6, 6.07) is 11.7. The number of aryl methyl sites for hydroxylation is 1. The highest BCUT2D eigenvalue weighted by Gasteiger charge is 2.47. The van der Waals surface area contributed by atoms with Gasteiger partial charge in [-0.1, -0.05) is 56.6 Å². The molecule has 1 aliphatic heterocycles. The Morgan fingerprint density at radius 2 is 1.83 bits per heavy atom. The average molecular weight is 414 g/mol. The summed E-state index contributed by atoms with van der Waals surface area (Å²) in [6.45, 7) is 7.21. The molecule has 2 aromatic rings. The molecule has 2 aromatic carbocycles. The number of ketones is 1. The van der Waals surface area contributed by atoms with Crippen molar-refractivity contribution in [2.45, 2.75) is 33.7 Å². The number of nitrogens with zero attached hydrogens (tertiary/aromatic N) is 1. The summed E-state index contributed by atoms with van der Waals surface area (Å²) in [7, 11) is 1.51. The predicted octanol–water partition coefficient (Wildman–Crippen LogP) is 5.17. The third-order valence-corrected chi connectivity index (χ3v) is 5.33. The van der Waals surface area contributed by atoms with E-state index in [2.05, 4.69) is 0 Å². The van der Waals surface area contributed by atoms with E-state index in [1.54, 1.807) is 39.0 Å². The quantitative estimate of drug-likeness (QED) is 0.750. The Morgan fingerprint density at radius 1 is 1.17 bits per heavy atom. The molecule has 1 N–H and O–H groups in total. The fourth-order valence-corrected chi connectivity index (χ4v) is 3.75. The summed E-state index contributed by atoms with van der Waals surface area (Å²) in [5, 5.41) is 11.1. The van der Waals surface area contributed by atoms with Crippen LogP contribution in [0.4, 0.5) is 5.69 Å². The van der Waals surface area contributed by atoms with Crippen LogP contribution in [0.3, 0.4) is 0 Å². The number of benzene rings is 2. The van der Waals surface area contributed by atoms with Crippen molar-refractivity contribution in [2.24, 2.45) is 5.41 Å². The number of carbonyl (C=O) groups excluding carboxylic acids is 2. The van der Waals surface area contributed by atoms with Crippen LogP contribution in [0.25, 0.3) is 0 Å². The minimum atomic E-state index is -0.766. The largest absolute Gasteiger partial charge is 0.503 e. The first kappa shape index (κ1) is 20.9. The van der Waals surface area contributed by atoms with Crippen LogP contribution in [0.2, 0.25) is 5.02 Å². The van der Waals surface area contributed by atoms with Crippen molar-refractivity contribution in [1.82, 2.24) is 0 Å². The molecule has 0 saturated carbocycles. The molecule has 0 fully saturated rings. The number of amides is 1. The van der Waals surface area contributed by atoms with Crippen molar-refractivity contribution in [2.75, 3.05) is 12.0 Å². The second-order valence-corrected chi connectivity index (χ2v) is 8.50. The van der Waals surface area contributed by atoms with Gasteiger partial charge in [-0.3, -0.25) is 14.5 Å². The van der Waals surface area contributed by atoms with Crippen molar-refractivity contribution in [3.05, 3.63) is 69.9 Å². The third-order valence-electron chi connectivity index (χ3n) is 5.03. The van der Waals surface area contributed by atoms with Crippen LogP contribution in [0.1, 0.15) is 37.9 Å². The number of ether oxygens (including phenoxy) is 1. The van der Waals surface area contributed by atoms with Gasteiger partial charge >= 0.3 is 0 Å². The topological polar surface area (TPSA) is 66.8 Å². The van der Waals surface area contributed by atoms with Crippen LogP contribution < -0.4 is 9.64 Å². The highest BCUT2D eigenvalue weighted by Crippen LogP contribution is 2.45. The second-order valence-electron chi connectivity index (χ2n) is 8.09. The van der Waals surface area contributed by atoms with E-state index in [4.69, 9.17) is 16.3 Å². The number of Topliss-reactive ketones (excluding diaryl/α,β-unsaturated/α-hetero) is 1. The molecular formula is C23H24ClNO4. The Balaban J connectivity index is 2.24. The lowest BCUT2D eigenvalue weighted by Gasteiger charge is -2.30. The lowest BCUT2D eigenvalue weighted by molar-refractivity contribution is -0.123. The number of anilines is 1. The van der Waals surface area contributed by atoms with E-state index in [1.807, 2.05) is 31.2 Å². The number of carbonyl (C=O) groups is 2. The van der Waals surface area contributed by atoms with Gasteiger partial charge in [0.25, 0.3) is 5.91 Å². The standard InChI is InChI=1S/C23H24ClNO4/c1-13-8-6-7-9-15(13)19-18(21(27)23(2,3)4)20(26)22(28)25(19)14-10-11-17(29-5)16(24)12-14/h6-12,19,26H,1-5H3. The van der Waals surface area contributed by atoms with Crippen LogP contribution in [0.5, 0.6) is 5.75 Å². The zero-order chi connectivity index (χ0) is 21.5. The summed E-state index contributed by atoms with van der Waals surface area (Å²) in [5.41, 5.74) is 1.48. The summed E-state index contributed by atoms with van der Waals surface area (Å²) in [5.74, 6) is -0.964. The normalized spacial score (nSPS) is 17.1. The van der Waals surface area contributed by atoms with Gasteiger partial charge in [0.1, 0.15) is 5.75 Å². The minimum absolute atomic E-state index is 0.101. The molecular weight excluding hydrogens is 390 g/mol. The molecule has 0 radical (unpaired) electrons. The van der Waals surface area contributed by atoms with Crippen LogP contribution in [-0.2, 0) is 9.59 Å². The van der Waals surface area contributed by atoms with Crippen LogP contribution >= 0.6 is 11.6 Å². The third kappa shape index (κ3) is 3.62. The molecule has 1 unspecified atom stereocenters. The monoisotopic (exact) mass is 413 g/mol. The summed E-state index contributed by atoms with van der Waals surface area (Å²) < 4.78 is 5.20. The lowest BCUT2D eigenvalue weighted by Crippen LogP contribution is -2.33. The summed E-state index contributed by atoms with van der Waals surface area (Å²) in [4.78, 5) is 27.7. The molecule has 0 aliphatic carbocycles. The molecule has 1 heterocycles. The molecule has 3 rings (SSSR count). The highest BCUT2D eigenvalue weighted by atomic mass is 35.5. The number of rotatable bonds is 4. The highest BCUT2D eigenvalue weighted by molar-refractivity contribution is 6.32. The van der Waals surface area contributed by atoms with Gasteiger partial charge in [-0.2, -0.15) is 0 Å². The van der Waals surface area contributed by atoms with Crippen LogP contribution in [-0.4, -0.2) is 23.9 Å². The lowest BCUT2D eigenvalue weighted by atomic mass is 9.81. The van der Waals surface area contributed by atoms with Gasteiger partial charge in [0.2, 0.25) is 0 Å². The smallest absolute Gasteiger partial charge is 0.294 e. The van der Waals surface area contributed by atoms with E-state index < -0.39 is 23.1 Å². The Bertz CT molecular complexity index is 1020. The average Bonchev–Trinajstić information content (AvgIpc) is 2.91. The molecule has 6 heteroatoms. The van der Waals surface area contributed by atoms with E-state index in [-0.39, 0.29) is 11.4 Å². The maximum Gasteiger partial charge on any atom is 0.294 e. The van der Waals surface area contributed by atoms with Crippen molar-refractivity contribution >= 4 is 29.0 Å². The molecule has 152 valence electrons. The van der Waals surface area contributed by atoms with Gasteiger partial charge in [0, 0.05) is 11.1 Å². The molecule has 5 nitrogen and oxygen atoms in total. The zero-order valence-corrected chi connectivity index (χ0v) is 17.9. The maximum absolute atomic E-state index is 13.2.